The van der Waals surface area contributed by atoms with Gasteiger partial charge in [-0.05, 0) is 62.4 Å². The number of amides is 2. The van der Waals surface area contributed by atoms with Gasteiger partial charge in [-0.3, -0.25) is 14.5 Å². The Balaban J connectivity index is 1.46. The summed E-state index contributed by atoms with van der Waals surface area (Å²) in [7, 11) is 0. The molecule has 2 aromatic rings. The van der Waals surface area contributed by atoms with E-state index in [2.05, 4.69) is 51.2 Å². The highest BCUT2D eigenvalue weighted by molar-refractivity contribution is 6.02. The fraction of sp³-hybridized carbons (Fsp3) is 0.533. The minimum Gasteiger partial charge on any atom is -0.371 e. The molecule has 0 bridgehead atoms. The Morgan fingerprint density at radius 3 is 2.36 bits per heavy atom. The fourth-order valence-electron chi connectivity index (χ4n) is 5.67. The Hall–Kier alpha value is -2.86. The topological polar surface area (TPSA) is 55.9 Å². The maximum atomic E-state index is 14.2. The molecule has 5 rings (SSSR count). The van der Waals surface area contributed by atoms with Crippen LogP contribution in [0.25, 0.3) is 0 Å². The van der Waals surface area contributed by atoms with E-state index in [-0.39, 0.29) is 23.8 Å². The minimum absolute atomic E-state index is 0.0326. The lowest BCUT2D eigenvalue weighted by atomic mass is 10.00. The van der Waals surface area contributed by atoms with Gasteiger partial charge < -0.3 is 15.1 Å². The second-order valence-corrected chi connectivity index (χ2v) is 10.6. The molecule has 6 heteroatoms. The smallest absolute Gasteiger partial charge is 0.256 e. The number of hydrogen-bond acceptors (Lipinski definition) is 4. The van der Waals surface area contributed by atoms with Gasteiger partial charge in [0.2, 0.25) is 5.91 Å². The Bertz CT molecular complexity index is 1040. The third kappa shape index (κ3) is 5.75. The van der Waals surface area contributed by atoms with Crippen molar-refractivity contribution >= 4 is 23.2 Å². The lowest BCUT2D eigenvalue weighted by Crippen LogP contribution is -2.51. The molecule has 36 heavy (non-hydrogen) atoms. The number of hydrogen-bond donors (Lipinski definition) is 1. The maximum Gasteiger partial charge on any atom is 0.256 e. The lowest BCUT2D eigenvalue weighted by Gasteiger charge is -2.42. The van der Waals surface area contributed by atoms with Crippen LogP contribution in [0.4, 0.5) is 11.4 Å². The third-order valence-corrected chi connectivity index (χ3v) is 7.84. The standard InChI is InChI=1S/C30H40N4O2/c1-2-16-32-19-20-34(28(22-32)23-10-6-5-7-11-23)30(36)26-15-14-25(31-29(35)24-12-13-24)21-27(26)33-17-8-3-4-9-18-33/h5-7,10-11,14-15,21,24,28H,2-4,8-9,12-13,16-20,22H2,1H3,(H,31,35). The molecule has 192 valence electrons. The van der Waals surface area contributed by atoms with Crippen molar-refractivity contribution in [3.05, 3.63) is 59.7 Å². The number of nitrogens with zero attached hydrogens (tertiary/aromatic N) is 3. The van der Waals surface area contributed by atoms with Gasteiger partial charge in [0.25, 0.3) is 5.91 Å². The van der Waals surface area contributed by atoms with Crippen LogP contribution < -0.4 is 10.2 Å². The highest BCUT2D eigenvalue weighted by Crippen LogP contribution is 2.34. The average Bonchev–Trinajstić information content (AvgIpc) is 3.77. The lowest BCUT2D eigenvalue weighted by molar-refractivity contribution is -0.117. The molecule has 2 amide bonds. The molecule has 2 aliphatic heterocycles. The van der Waals surface area contributed by atoms with Gasteiger partial charge in [0.15, 0.2) is 0 Å². The van der Waals surface area contributed by atoms with Crippen molar-refractivity contribution in [2.75, 3.05) is 49.5 Å². The van der Waals surface area contributed by atoms with Crippen molar-refractivity contribution in [3.63, 3.8) is 0 Å². The van der Waals surface area contributed by atoms with Gasteiger partial charge in [-0.2, -0.15) is 0 Å². The molecule has 3 fully saturated rings. The Kier molecular flexibility index (Phi) is 7.90. The summed E-state index contributed by atoms with van der Waals surface area (Å²) in [5.41, 5.74) is 3.72. The first-order chi connectivity index (χ1) is 17.6. The maximum absolute atomic E-state index is 14.2. The summed E-state index contributed by atoms with van der Waals surface area (Å²) in [4.78, 5) is 33.6. The largest absolute Gasteiger partial charge is 0.371 e. The van der Waals surface area contributed by atoms with Crippen LogP contribution in [0.15, 0.2) is 48.5 Å². The number of rotatable bonds is 7. The number of anilines is 2. The molecule has 6 nitrogen and oxygen atoms in total. The van der Waals surface area contributed by atoms with Crippen LogP contribution in [-0.4, -0.2) is 60.9 Å². The molecule has 2 aromatic carbocycles. The zero-order valence-electron chi connectivity index (χ0n) is 21.6. The van der Waals surface area contributed by atoms with E-state index >= 15 is 0 Å². The molecule has 1 aliphatic carbocycles. The number of carbonyl (C=O) groups is 2. The minimum atomic E-state index is 0.0326. The summed E-state index contributed by atoms with van der Waals surface area (Å²) in [5, 5.41) is 3.10. The number of nitrogens with one attached hydrogen (secondary N) is 1. The van der Waals surface area contributed by atoms with Gasteiger partial charge in [-0.15, -0.1) is 0 Å². The molecule has 2 saturated heterocycles. The van der Waals surface area contributed by atoms with Gasteiger partial charge in [-0.1, -0.05) is 50.1 Å². The third-order valence-electron chi connectivity index (χ3n) is 7.84. The normalized spacial score (nSPS) is 21.2. The van der Waals surface area contributed by atoms with E-state index in [4.69, 9.17) is 0 Å². The van der Waals surface area contributed by atoms with E-state index in [9.17, 15) is 9.59 Å². The predicted molar refractivity (Wildman–Crippen MR) is 145 cm³/mol. The summed E-state index contributed by atoms with van der Waals surface area (Å²) in [6.45, 7) is 7.65. The van der Waals surface area contributed by atoms with Crippen LogP contribution >= 0.6 is 0 Å². The van der Waals surface area contributed by atoms with Gasteiger partial charge in [0.05, 0.1) is 17.3 Å². The number of carbonyl (C=O) groups excluding carboxylic acids is 2. The van der Waals surface area contributed by atoms with Gasteiger partial charge in [0, 0.05) is 44.3 Å². The van der Waals surface area contributed by atoms with Crippen molar-refractivity contribution in [1.29, 1.82) is 0 Å². The second-order valence-electron chi connectivity index (χ2n) is 10.6. The van der Waals surface area contributed by atoms with Crippen LogP contribution in [-0.2, 0) is 4.79 Å². The van der Waals surface area contributed by atoms with E-state index in [0.29, 0.717) is 0 Å². The Morgan fingerprint density at radius 2 is 1.67 bits per heavy atom. The first kappa shape index (κ1) is 24.8. The molecule has 1 saturated carbocycles. The predicted octanol–water partition coefficient (Wildman–Crippen LogP) is 5.32. The summed E-state index contributed by atoms with van der Waals surface area (Å²) >= 11 is 0. The molecule has 2 heterocycles. The first-order valence-electron chi connectivity index (χ1n) is 13.9. The highest BCUT2D eigenvalue weighted by atomic mass is 16.2. The first-order valence-corrected chi connectivity index (χ1v) is 13.9. The van der Waals surface area contributed by atoms with E-state index in [0.717, 1.165) is 88.3 Å². The van der Waals surface area contributed by atoms with Crippen molar-refractivity contribution in [2.45, 2.75) is 57.9 Å². The molecular weight excluding hydrogens is 448 g/mol. The van der Waals surface area contributed by atoms with E-state index in [1.165, 1.54) is 18.4 Å². The van der Waals surface area contributed by atoms with Crippen LogP contribution in [0.2, 0.25) is 0 Å². The SMILES string of the molecule is CCCN1CCN(C(=O)c2ccc(NC(=O)C3CC3)cc2N2CCCCCC2)C(c2ccccc2)C1. The van der Waals surface area contributed by atoms with Crippen molar-refractivity contribution in [1.82, 2.24) is 9.80 Å². The van der Waals surface area contributed by atoms with Gasteiger partial charge >= 0.3 is 0 Å². The second kappa shape index (κ2) is 11.5. The monoisotopic (exact) mass is 488 g/mol. The molecule has 0 spiro atoms. The van der Waals surface area contributed by atoms with Crippen LogP contribution in [0.1, 0.15) is 73.8 Å². The van der Waals surface area contributed by atoms with E-state index in [1.54, 1.807) is 0 Å². The number of benzene rings is 2. The summed E-state index contributed by atoms with van der Waals surface area (Å²) in [6.07, 6.45) is 7.80. The highest BCUT2D eigenvalue weighted by Gasteiger charge is 2.34. The van der Waals surface area contributed by atoms with E-state index < -0.39 is 0 Å². The molecule has 1 atom stereocenters. The number of piperazine rings is 1. The van der Waals surface area contributed by atoms with Crippen LogP contribution in [0.3, 0.4) is 0 Å². The molecular formula is C30H40N4O2. The molecule has 3 aliphatic rings. The Morgan fingerprint density at radius 1 is 0.917 bits per heavy atom. The zero-order chi connectivity index (χ0) is 24.9. The summed E-state index contributed by atoms with van der Waals surface area (Å²) < 4.78 is 0. The van der Waals surface area contributed by atoms with E-state index in [1.807, 2.05) is 24.3 Å². The molecule has 1 N–H and O–H groups in total. The summed E-state index contributed by atoms with van der Waals surface area (Å²) in [6, 6.07) is 16.4. The van der Waals surface area contributed by atoms with Crippen molar-refractivity contribution in [2.24, 2.45) is 5.92 Å². The van der Waals surface area contributed by atoms with Crippen molar-refractivity contribution in [3.8, 4) is 0 Å². The zero-order valence-corrected chi connectivity index (χ0v) is 21.6. The summed E-state index contributed by atoms with van der Waals surface area (Å²) in [5.74, 6) is 0.352. The van der Waals surface area contributed by atoms with Gasteiger partial charge in [-0.25, -0.2) is 0 Å². The molecule has 0 radical (unpaired) electrons. The molecule has 1 unspecified atom stereocenters. The van der Waals surface area contributed by atoms with Crippen molar-refractivity contribution < 1.29 is 9.59 Å². The van der Waals surface area contributed by atoms with Crippen LogP contribution in [0.5, 0.6) is 0 Å². The Labute approximate surface area is 215 Å². The average molecular weight is 489 g/mol. The molecule has 0 aromatic heterocycles. The van der Waals surface area contributed by atoms with Crippen LogP contribution in [0, 0.1) is 5.92 Å². The van der Waals surface area contributed by atoms with Gasteiger partial charge in [0.1, 0.15) is 0 Å². The quantitative estimate of drug-likeness (QED) is 0.573. The fourth-order valence-corrected chi connectivity index (χ4v) is 5.67.